The third kappa shape index (κ3) is 3.03. The fourth-order valence-electron chi connectivity index (χ4n) is 0.815. The average molecular weight is 245 g/mol. The molecule has 2 N–H and O–H groups in total. The van der Waals surface area contributed by atoms with Gasteiger partial charge in [0.25, 0.3) is 0 Å². The number of rotatable bonds is 4. The normalized spacial score (nSPS) is 11.0. The van der Waals surface area contributed by atoms with Crippen LogP contribution in [0.2, 0.25) is 5.02 Å². The van der Waals surface area contributed by atoms with Gasteiger partial charge in [0.15, 0.2) is 6.29 Å². The van der Waals surface area contributed by atoms with Gasteiger partial charge in [0, 0.05) is 6.07 Å². The van der Waals surface area contributed by atoms with Crippen molar-refractivity contribution in [3.05, 3.63) is 29.0 Å². The van der Waals surface area contributed by atoms with Gasteiger partial charge in [-0.3, -0.25) is 10.2 Å². The van der Waals surface area contributed by atoms with Crippen LogP contribution in [0.15, 0.2) is 23.3 Å². The van der Waals surface area contributed by atoms with E-state index in [1.807, 2.05) is 0 Å². The maximum atomic E-state index is 12.9. The van der Waals surface area contributed by atoms with E-state index < -0.39 is 17.5 Å². The van der Waals surface area contributed by atoms with Crippen LogP contribution >= 0.6 is 11.6 Å². The topological polar surface area (TPSA) is 78.8 Å². The van der Waals surface area contributed by atoms with Crippen LogP contribution in [-0.2, 0) is 9.59 Å². The summed E-state index contributed by atoms with van der Waals surface area (Å²) in [6.45, 7) is 0. The lowest BCUT2D eigenvalue weighted by Gasteiger charge is -2.01. The first-order chi connectivity index (χ1) is 7.54. The van der Waals surface area contributed by atoms with E-state index in [1.165, 1.54) is 12.1 Å². The second-order valence-corrected chi connectivity index (χ2v) is 3.07. The molecule has 0 fully saturated rings. The van der Waals surface area contributed by atoms with E-state index in [9.17, 15) is 14.0 Å². The highest BCUT2D eigenvalue weighted by Gasteiger charge is 2.07. The Hall–Kier alpha value is -1.95. The largest absolute Gasteiger partial charge is 0.476 e. The van der Waals surface area contributed by atoms with Crippen molar-refractivity contribution in [1.82, 2.24) is 0 Å². The Morgan fingerprint density at radius 2 is 2.25 bits per heavy atom. The Balaban J connectivity index is 2.85. The maximum absolute atomic E-state index is 12.9. The molecule has 0 bridgehead atoms. The summed E-state index contributed by atoms with van der Waals surface area (Å²) in [5.41, 5.74) is 1.69. The molecule has 0 unspecified atom stereocenters. The highest BCUT2D eigenvalue weighted by molar-refractivity contribution is 6.57. The van der Waals surface area contributed by atoms with E-state index in [0.717, 1.165) is 6.07 Å². The molecule has 0 saturated heterocycles. The number of carbonyl (C=O) groups excluding carboxylic acids is 1. The molecule has 0 saturated carbocycles. The van der Waals surface area contributed by atoms with Crippen LogP contribution in [0.4, 0.5) is 10.1 Å². The zero-order valence-corrected chi connectivity index (χ0v) is 8.53. The summed E-state index contributed by atoms with van der Waals surface area (Å²) >= 11 is 5.43. The number of hydrazone groups is 1. The quantitative estimate of drug-likeness (QED) is 0.364. The number of nitrogens with zero attached hydrogens (tertiary/aromatic N) is 1. The van der Waals surface area contributed by atoms with E-state index in [-0.39, 0.29) is 17.0 Å². The van der Waals surface area contributed by atoms with Crippen LogP contribution in [-0.4, -0.2) is 23.1 Å². The van der Waals surface area contributed by atoms with Gasteiger partial charge in [0.2, 0.25) is 5.71 Å². The van der Waals surface area contributed by atoms with Crippen molar-refractivity contribution in [3.8, 4) is 0 Å². The molecule has 16 heavy (non-hydrogen) atoms. The molecular weight excluding hydrogens is 239 g/mol. The molecule has 0 aliphatic heterocycles. The van der Waals surface area contributed by atoms with Crippen LogP contribution in [0.5, 0.6) is 0 Å². The van der Waals surface area contributed by atoms with Crippen LogP contribution in [0.25, 0.3) is 0 Å². The minimum atomic E-state index is -1.48. The number of halogens is 2. The van der Waals surface area contributed by atoms with Crippen LogP contribution in [0.1, 0.15) is 0 Å². The summed E-state index contributed by atoms with van der Waals surface area (Å²) in [6.07, 6.45) is 0.0710. The van der Waals surface area contributed by atoms with Gasteiger partial charge in [-0.15, -0.1) is 0 Å². The number of aldehydes is 1. The van der Waals surface area contributed by atoms with Gasteiger partial charge in [-0.2, -0.15) is 5.10 Å². The van der Waals surface area contributed by atoms with Crippen molar-refractivity contribution in [1.29, 1.82) is 0 Å². The second-order valence-electron chi connectivity index (χ2n) is 2.66. The standard InChI is InChI=1S/C9H6ClFN2O3/c10-6-2-1-5(3-7(6)11)12-13-8(4-14)9(15)16/h1-4,12H,(H,15,16)/b13-8+. The molecule has 0 aromatic heterocycles. The molecule has 7 heteroatoms. The fraction of sp³-hybridized carbons (Fsp3) is 0. The second kappa shape index (κ2) is 5.22. The summed E-state index contributed by atoms with van der Waals surface area (Å²) in [6, 6.07) is 3.69. The Morgan fingerprint density at radius 3 is 2.75 bits per heavy atom. The number of nitrogens with one attached hydrogen (secondary N) is 1. The molecule has 0 heterocycles. The molecule has 0 aliphatic rings. The van der Waals surface area contributed by atoms with Gasteiger partial charge in [-0.25, -0.2) is 9.18 Å². The van der Waals surface area contributed by atoms with Gasteiger partial charge < -0.3 is 5.11 Å². The maximum Gasteiger partial charge on any atom is 0.359 e. The zero-order chi connectivity index (χ0) is 12.1. The molecule has 0 radical (unpaired) electrons. The molecule has 1 rings (SSSR count). The molecule has 0 aliphatic carbocycles. The molecule has 5 nitrogen and oxygen atoms in total. The molecule has 1 aromatic carbocycles. The van der Waals surface area contributed by atoms with Crippen molar-refractivity contribution < 1.29 is 19.1 Å². The molecular formula is C9H6ClFN2O3. The monoisotopic (exact) mass is 244 g/mol. The average Bonchev–Trinajstić information content (AvgIpc) is 2.23. The number of carbonyl (C=O) groups is 2. The van der Waals surface area contributed by atoms with E-state index in [2.05, 4.69) is 10.5 Å². The van der Waals surface area contributed by atoms with E-state index in [0.29, 0.717) is 0 Å². The van der Waals surface area contributed by atoms with Crippen LogP contribution in [0, 0.1) is 5.82 Å². The highest BCUT2D eigenvalue weighted by Crippen LogP contribution is 2.18. The van der Waals surface area contributed by atoms with Crippen molar-refractivity contribution in [2.45, 2.75) is 0 Å². The summed E-state index contributed by atoms with van der Waals surface area (Å²) in [7, 11) is 0. The number of anilines is 1. The van der Waals surface area contributed by atoms with Gasteiger partial charge in [-0.05, 0) is 12.1 Å². The van der Waals surface area contributed by atoms with Crippen molar-refractivity contribution >= 4 is 35.3 Å². The lowest BCUT2D eigenvalue weighted by atomic mass is 10.3. The van der Waals surface area contributed by atoms with Gasteiger partial charge in [0.1, 0.15) is 5.82 Å². The third-order valence-corrected chi connectivity index (χ3v) is 1.86. The number of hydrogen-bond donors (Lipinski definition) is 2. The lowest BCUT2D eigenvalue weighted by molar-refractivity contribution is -0.129. The van der Waals surface area contributed by atoms with Crippen LogP contribution < -0.4 is 5.43 Å². The molecule has 0 amide bonds. The number of hydrogen-bond acceptors (Lipinski definition) is 4. The van der Waals surface area contributed by atoms with Crippen LogP contribution in [0.3, 0.4) is 0 Å². The SMILES string of the molecule is O=C/C(=N\Nc1ccc(Cl)c(F)c1)C(=O)O. The van der Waals surface area contributed by atoms with Gasteiger partial charge in [-0.1, -0.05) is 11.6 Å². The highest BCUT2D eigenvalue weighted by atomic mass is 35.5. The Bertz CT molecular complexity index is 462. The van der Waals surface area contributed by atoms with Gasteiger partial charge >= 0.3 is 5.97 Å². The molecule has 0 atom stereocenters. The van der Waals surface area contributed by atoms with E-state index >= 15 is 0 Å². The van der Waals surface area contributed by atoms with Crippen molar-refractivity contribution in [2.75, 3.05) is 5.43 Å². The smallest absolute Gasteiger partial charge is 0.359 e. The van der Waals surface area contributed by atoms with E-state index in [1.54, 1.807) is 0 Å². The van der Waals surface area contributed by atoms with Crippen molar-refractivity contribution in [2.24, 2.45) is 5.10 Å². The molecule has 0 spiro atoms. The molecule has 1 aromatic rings. The summed E-state index contributed by atoms with van der Waals surface area (Å²) in [5.74, 6) is -2.15. The Labute approximate surface area is 94.5 Å². The Morgan fingerprint density at radius 1 is 1.56 bits per heavy atom. The third-order valence-electron chi connectivity index (χ3n) is 1.56. The predicted molar refractivity (Wildman–Crippen MR) is 56.2 cm³/mol. The first kappa shape index (κ1) is 12.1. The predicted octanol–water partition coefficient (Wildman–Crippen LogP) is 1.53. The summed E-state index contributed by atoms with van der Waals surface area (Å²) < 4.78 is 12.9. The minimum absolute atomic E-state index is 0.0663. The van der Waals surface area contributed by atoms with Gasteiger partial charge in [0.05, 0.1) is 10.7 Å². The molecule has 84 valence electrons. The first-order valence-electron chi connectivity index (χ1n) is 4.02. The Kier molecular flexibility index (Phi) is 3.96. The van der Waals surface area contributed by atoms with Crippen molar-refractivity contribution in [3.63, 3.8) is 0 Å². The number of aliphatic carboxylic acids is 1. The summed E-state index contributed by atoms with van der Waals surface area (Å²) in [5, 5.41) is 11.7. The minimum Gasteiger partial charge on any atom is -0.476 e. The summed E-state index contributed by atoms with van der Waals surface area (Å²) in [4.78, 5) is 20.6. The zero-order valence-electron chi connectivity index (χ0n) is 7.78. The van der Waals surface area contributed by atoms with E-state index in [4.69, 9.17) is 16.7 Å². The first-order valence-corrected chi connectivity index (χ1v) is 4.39. The number of benzene rings is 1. The number of carboxylic acids is 1. The number of carboxylic acid groups (broad SMARTS) is 1. The lowest BCUT2D eigenvalue weighted by Crippen LogP contribution is -2.15. The fourth-order valence-corrected chi connectivity index (χ4v) is 0.933.